The molecule has 4 heteroatoms. The maximum Gasteiger partial charge on any atom is 0.125 e. The molecule has 3 nitrogen and oxygen atoms in total. The third kappa shape index (κ3) is 5.15. The molecule has 0 aliphatic carbocycles. The van der Waals surface area contributed by atoms with Crippen molar-refractivity contribution in [3.05, 3.63) is 29.6 Å². The highest BCUT2D eigenvalue weighted by molar-refractivity contribution is 5.41. The molecule has 0 bridgehead atoms. The number of unbranched alkanes of at least 4 members (excludes halogenated alkanes) is 1. The van der Waals surface area contributed by atoms with Gasteiger partial charge >= 0.3 is 0 Å². The number of nitrogens with two attached hydrogens (primary N) is 1. The molecular weight excluding hydrogens is 219 g/mol. The summed E-state index contributed by atoms with van der Waals surface area (Å²) in [6, 6.07) is 4.58. The lowest BCUT2D eigenvalue weighted by atomic mass is 10.1. The first-order valence-electron chi connectivity index (χ1n) is 6.04. The predicted octanol–water partition coefficient (Wildman–Crippen LogP) is 2.00. The van der Waals surface area contributed by atoms with Crippen LogP contribution in [-0.4, -0.2) is 29.7 Å². The molecule has 0 aliphatic heterocycles. The Bertz CT molecular complexity index is 324. The first-order chi connectivity index (χ1) is 8.15. The van der Waals surface area contributed by atoms with Gasteiger partial charge in [0.2, 0.25) is 0 Å². The molecular formula is C13H21FN2O. The Morgan fingerprint density at radius 1 is 1.29 bits per heavy atom. The van der Waals surface area contributed by atoms with Crippen molar-refractivity contribution in [2.45, 2.75) is 26.3 Å². The average Bonchev–Trinajstić information content (AvgIpc) is 2.24. The second-order valence-electron chi connectivity index (χ2n) is 4.25. The van der Waals surface area contributed by atoms with Gasteiger partial charge in [-0.15, -0.1) is 0 Å². The fourth-order valence-corrected chi connectivity index (χ4v) is 1.82. The summed E-state index contributed by atoms with van der Waals surface area (Å²) in [5, 5.41) is 8.98. The predicted molar refractivity (Wildman–Crippen MR) is 68.1 cm³/mol. The minimum absolute atomic E-state index is 0.120. The Kier molecular flexibility index (Phi) is 5.94. The maximum atomic E-state index is 13.2. The standard InChI is InChI=1S/C13H21FN2O/c1-2-3-4-16(5-6-17)10-11-7-12(14)9-13(15)8-11/h7-9,17H,2-6,10,15H2,1H3. The highest BCUT2D eigenvalue weighted by Crippen LogP contribution is 2.13. The first kappa shape index (κ1) is 13.9. The normalized spacial score (nSPS) is 11.1. The molecule has 0 radical (unpaired) electrons. The van der Waals surface area contributed by atoms with Crippen LogP contribution in [-0.2, 0) is 6.54 Å². The summed E-state index contributed by atoms with van der Waals surface area (Å²) in [5.74, 6) is -0.306. The number of benzene rings is 1. The van der Waals surface area contributed by atoms with E-state index in [9.17, 15) is 4.39 Å². The molecule has 1 aromatic rings. The van der Waals surface area contributed by atoms with E-state index in [0.717, 1.165) is 24.9 Å². The smallest absolute Gasteiger partial charge is 0.125 e. The Hall–Kier alpha value is -1.13. The van der Waals surface area contributed by atoms with Crippen molar-refractivity contribution < 1.29 is 9.50 Å². The van der Waals surface area contributed by atoms with Gasteiger partial charge in [0.1, 0.15) is 5.82 Å². The summed E-state index contributed by atoms with van der Waals surface area (Å²) < 4.78 is 13.2. The van der Waals surface area contributed by atoms with Crippen molar-refractivity contribution in [3.63, 3.8) is 0 Å². The van der Waals surface area contributed by atoms with E-state index in [1.165, 1.54) is 12.1 Å². The first-order valence-corrected chi connectivity index (χ1v) is 6.04. The van der Waals surface area contributed by atoms with E-state index < -0.39 is 0 Å². The molecule has 1 rings (SSSR count). The molecule has 0 saturated carbocycles. The number of rotatable bonds is 7. The molecule has 17 heavy (non-hydrogen) atoms. The summed E-state index contributed by atoms with van der Waals surface area (Å²) in [4.78, 5) is 2.11. The van der Waals surface area contributed by atoms with Gasteiger partial charge in [-0.05, 0) is 36.7 Å². The molecule has 0 aromatic heterocycles. The Morgan fingerprint density at radius 2 is 2.06 bits per heavy atom. The number of aliphatic hydroxyl groups excluding tert-OH is 1. The number of aliphatic hydroxyl groups is 1. The van der Waals surface area contributed by atoms with Crippen LogP contribution in [0, 0.1) is 5.82 Å². The molecule has 0 unspecified atom stereocenters. The molecule has 3 N–H and O–H groups in total. The van der Waals surface area contributed by atoms with Gasteiger partial charge in [0.05, 0.1) is 6.61 Å². The Balaban J connectivity index is 2.63. The summed E-state index contributed by atoms with van der Waals surface area (Å²) in [5.41, 5.74) is 6.90. The van der Waals surface area contributed by atoms with E-state index in [2.05, 4.69) is 11.8 Å². The van der Waals surface area contributed by atoms with Gasteiger partial charge in [0, 0.05) is 18.8 Å². The van der Waals surface area contributed by atoms with Crippen LogP contribution in [0.15, 0.2) is 18.2 Å². The fourth-order valence-electron chi connectivity index (χ4n) is 1.82. The lowest BCUT2D eigenvalue weighted by Crippen LogP contribution is -2.27. The molecule has 0 aliphatic rings. The van der Waals surface area contributed by atoms with Gasteiger partial charge in [0.25, 0.3) is 0 Å². The fraction of sp³-hybridized carbons (Fsp3) is 0.538. The van der Waals surface area contributed by atoms with Crippen molar-refractivity contribution in [1.29, 1.82) is 0 Å². The zero-order valence-electron chi connectivity index (χ0n) is 10.3. The lowest BCUT2D eigenvalue weighted by Gasteiger charge is -2.21. The Labute approximate surface area is 102 Å². The van der Waals surface area contributed by atoms with Crippen LogP contribution in [0.2, 0.25) is 0 Å². The van der Waals surface area contributed by atoms with Crippen molar-refractivity contribution in [1.82, 2.24) is 4.90 Å². The topological polar surface area (TPSA) is 49.5 Å². The van der Waals surface area contributed by atoms with Crippen molar-refractivity contribution in [2.24, 2.45) is 0 Å². The largest absolute Gasteiger partial charge is 0.399 e. The van der Waals surface area contributed by atoms with Crippen LogP contribution in [0.4, 0.5) is 10.1 Å². The number of hydrogen-bond donors (Lipinski definition) is 2. The quantitative estimate of drug-likeness (QED) is 0.717. The van der Waals surface area contributed by atoms with Gasteiger partial charge < -0.3 is 10.8 Å². The average molecular weight is 240 g/mol. The van der Waals surface area contributed by atoms with Crippen LogP contribution >= 0.6 is 0 Å². The third-order valence-corrected chi connectivity index (χ3v) is 2.63. The maximum absolute atomic E-state index is 13.2. The highest BCUT2D eigenvalue weighted by Gasteiger charge is 2.06. The van der Waals surface area contributed by atoms with Gasteiger partial charge in [-0.1, -0.05) is 13.3 Å². The third-order valence-electron chi connectivity index (χ3n) is 2.63. The van der Waals surface area contributed by atoms with Crippen LogP contribution in [0.1, 0.15) is 25.3 Å². The number of anilines is 1. The summed E-state index contributed by atoms with van der Waals surface area (Å²) >= 11 is 0. The summed E-state index contributed by atoms with van der Waals surface area (Å²) in [7, 11) is 0. The van der Waals surface area contributed by atoms with Crippen molar-refractivity contribution >= 4 is 5.69 Å². The van der Waals surface area contributed by atoms with E-state index >= 15 is 0 Å². The molecule has 0 spiro atoms. The summed E-state index contributed by atoms with van der Waals surface area (Å²) in [6.07, 6.45) is 2.18. The van der Waals surface area contributed by atoms with Crippen molar-refractivity contribution in [3.8, 4) is 0 Å². The number of nitrogen functional groups attached to an aromatic ring is 1. The minimum atomic E-state index is -0.306. The number of halogens is 1. The second kappa shape index (κ2) is 7.25. The monoisotopic (exact) mass is 240 g/mol. The van der Waals surface area contributed by atoms with Crippen LogP contribution in [0.3, 0.4) is 0 Å². The van der Waals surface area contributed by atoms with Crippen LogP contribution < -0.4 is 5.73 Å². The molecule has 1 aromatic carbocycles. The van der Waals surface area contributed by atoms with Gasteiger partial charge in [0.15, 0.2) is 0 Å². The highest BCUT2D eigenvalue weighted by atomic mass is 19.1. The minimum Gasteiger partial charge on any atom is -0.399 e. The zero-order chi connectivity index (χ0) is 12.7. The van der Waals surface area contributed by atoms with E-state index in [-0.39, 0.29) is 12.4 Å². The molecule has 0 amide bonds. The van der Waals surface area contributed by atoms with Crippen LogP contribution in [0.25, 0.3) is 0 Å². The SMILES string of the molecule is CCCCN(CCO)Cc1cc(N)cc(F)c1. The molecule has 0 atom stereocenters. The van der Waals surface area contributed by atoms with E-state index in [4.69, 9.17) is 10.8 Å². The number of nitrogens with zero attached hydrogens (tertiary/aromatic N) is 1. The van der Waals surface area contributed by atoms with Gasteiger partial charge in [-0.25, -0.2) is 4.39 Å². The molecule has 96 valence electrons. The second-order valence-corrected chi connectivity index (χ2v) is 4.25. The molecule has 0 saturated heterocycles. The van der Waals surface area contributed by atoms with Gasteiger partial charge in [-0.2, -0.15) is 0 Å². The van der Waals surface area contributed by atoms with Gasteiger partial charge in [-0.3, -0.25) is 4.90 Å². The molecule has 0 fully saturated rings. The number of hydrogen-bond acceptors (Lipinski definition) is 3. The Morgan fingerprint density at radius 3 is 2.65 bits per heavy atom. The van der Waals surface area contributed by atoms with E-state index in [0.29, 0.717) is 18.8 Å². The molecule has 0 heterocycles. The van der Waals surface area contributed by atoms with E-state index in [1.807, 2.05) is 0 Å². The van der Waals surface area contributed by atoms with E-state index in [1.54, 1.807) is 6.07 Å². The lowest BCUT2D eigenvalue weighted by molar-refractivity contribution is 0.188. The summed E-state index contributed by atoms with van der Waals surface area (Å²) in [6.45, 7) is 4.39. The van der Waals surface area contributed by atoms with Crippen LogP contribution in [0.5, 0.6) is 0 Å². The van der Waals surface area contributed by atoms with Crippen molar-refractivity contribution in [2.75, 3.05) is 25.4 Å². The zero-order valence-corrected chi connectivity index (χ0v) is 10.3.